The number of amides is 1. The van der Waals surface area contributed by atoms with E-state index >= 15 is 0 Å². The number of nitrogens with zero attached hydrogens (tertiary/aromatic N) is 2. The molecule has 0 radical (unpaired) electrons. The lowest BCUT2D eigenvalue weighted by molar-refractivity contribution is -0.0495. The Balaban J connectivity index is 1.37. The highest BCUT2D eigenvalue weighted by Gasteiger charge is 2.16. The maximum Gasteiger partial charge on any atom is 0.387 e. The van der Waals surface area contributed by atoms with Gasteiger partial charge in [0.25, 0.3) is 5.91 Å². The fourth-order valence-electron chi connectivity index (χ4n) is 3.05. The number of alkyl halides is 2. The molecule has 9 heteroatoms. The first-order valence-electron chi connectivity index (χ1n) is 9.85. The minimum absolute atomic E-state index is 0.0188. The number of benzene rings is 3. The van der Waals surface area contributed by atoms with E-state index in [1.54, 1.807) is 0 Å². The predicted molar refractivity (Wildman–Crippen MR) is 116 cm³/mol. The topological polar surface area (TPSA) is 65.4 Å². The molecule has 0 aliphatic carbocycles. The minimum atomic E-state index is -3.17. The van der Waals surface area contributed by atoms with E-state index < -0.39 is 24.1 Å². The van der Waals surface area contributed by atoms with Crippen molar-refractivity contribution in [1.82, 2.24) is 9.78 Å². The maximum atomic E-state index is 13.3. The number of halogens is 3. The Labute approximate surface area is 187 Å². The third-order valence-corrected chi connectivity index (χ3v) is 4.61. The molecule has 6 nitrogen and oxygen atoms in total. The second-order valence-electron chi connectivity index (χ2n) is 6.88. The largest absolute Gasteiger partial charge is 0.471 e. The first-order chi connectivity index (χ1) is 16.0. The molecule has 0 spiro atoms. The van der Waals surface area contributed by atoms with Crippen molar-refractivity contribution in [3.05, 3.63) is 96.6 Å². The molecule has 4 rings (SSSR count). The summed E-state index contributed by atoms with van der Waals surface area (Å²) in [6, 6.07) is 21.8. The quantitative estimate of drug-likeness (QED) is 0.378. The van der Waals surface area contributed by atoms with E-state index in [0.29, 0.717) is 5.75 Å². The summed E-state index contributed by atoms with van der Waals surface area (Å²) in [6.07, 6.45) is 1.54. The van der Waals surface area contributed by atoms with Crippen LogP contribution in [0.3, 0.4) is 0 Å². The average molecular weight is 453 g/mol. The summed E-state index contributed by atoms with van der Waals surface area (Å²) in [5, 5.41) is 6.50. The number of hydrogen-bond donors (Lipinski definition) is 1. The van der Waals surface area contributed by atoms with Gasteiger partial charge in [0.15, 0.2) is 18.2 Å². The van der Waals surface area contributed by atoms with Crippen molar-refractivity contribution in [2.45, 2.75) is 13.3 Å². The highest BCUT2D eigenvalue weighted by molar-refractivity contribution is 6.03. The van der Waals surface area contributed by atoms with Gasteiger partial charge in [-0.3, -0.25) is 4.79 Å². The van der Waals surface area contributed by atoms with Crippen LogP contribution < -0.4 is 14.8 Å². The van der Waals surface area contributed by atoms with Gasteiger partial charge in [0.1, 0.15) is 11.6 Å². The van der Waals surface area contributed by atoms with E-state index in [2.05, 4.69) is 15.2 Å². The van der Waals surface area contributed by atoms with E-state index in [1.807, 2.05) is 54.6 Å². The summed E-state index contributed by atoms with van der Waals surface area (Å²) < 4.78 is 49.8. The molecule has 0 unspecified atom stereocenters. The number of anilines is 1. The van der Waals surface area contributed by atoms with Gasteiger partial charge >= 0.3 is 6.61 Å². The number of rotatable bonds is 8. The van der Waals surface area contributed by atoms with Crippen molar-refractivity contribution >= 4 is 11.6 Å². The van der Waals surface area contributed by atoms with Gasteiger partial charge in [-0.25, -0.2) is 9.07 Å². The highest BCUT2D eigenvalue weighted by atomic mass is 19.3. The highest BCUT2D eigenvalue weighted by Crippen LogP contribution is 2.27. The molecule has 1 aromatic heterocycles. The molecule has 1 heterocycles. The zero-order chi connectivity index (χ0) is 23.2. The van der Waals surface area contributed by atoms with Gasteiger partial charge in [0.05, 0.1) is 5.69 Å². The average Bonchev–Trinajstić information content (AvgIpc) is 3.29. The lowest BCUT2D eigenvalue weighted by atomic mass is 10.1. The molecule has 0 bridgehead atoms. The van der Waals surface area contributed by atoms with Gasteiger partial charge in [0, 0.05) is 12.3 Å². The fourth-order valence-corrected chi connectivity index (χ4v) is 3.05. The second kappa shape index (κ2) is 9.90. The van der Waals surface area contributed by atoms with Crippen molar-refractivity contribution in [3.8, 4) is 22.6 Å². The van der Waals surface area contributed by atoms with Crippen LogP contribution in [0.15, 0.2) is 85.1 Å². The predicted octanol–water partition coefficient (Wildman–Crippen LogP) is 5.58. The number of ether oxygens (including phenoxy) is 2. The van der Waals surface area contributed by atoms with Crippen molar-refractivity contribution in [2.24, 2.45) is 0 Å². The molecule has 4 aromatic rings. The molecule has 3 aromatic carbocycles. The Morgan fingerprint density at radius 1 is 0.970 bits per heavy atom. The normalized spacial score (nSPS) is 10.8. The number of carbonyl (C=O) groups excluding carboxylic acids is 1. The van der Waals surface area contributed by atoms with E-state index in [9.17, 15) is 18.0 Å². The van der Waals surface area contributed by atoms with Crippen LogP contribution in [0.4, 0.5) is 18.9 Å². The van der Waals surface area contributed by atoms with Gasteiger partial charge in [-0.1, -0.05) is 42.5 Å². The number of hydrogen-bond acceptors (Lipinski definition) is 4. The number of nitrogens with one attached hydrogen (secondary N) is 1. The summed E-state index contributed by atoms with van der Waals surface area (Å²) in [4.78, 5) is 12.4. The van der Waals surface area contributed by atoms with Gasteiger partial charge in [-0.2, -0.15) is 13.9 Å². The van der Waals surface area contributed by atoms with E-state index in [-0.39, 0.29) is 18.1 Å². The Morgan fingerprint density at radius 2 is 1.70 bits per heavy atom. The summed E-state index contributed by atoms with van der Waals surface area (Å²) in [6.45, 7) is -3.12. The standard InChI is InChI=1S/C24H18F3N3O3/c25-18-8-11-20(22(14-18)33-24(26)27)28-23(31)21-12-13-30(29-21)15-32-19-9-6-17(7-10-19)16-4-2-1-3-5-16/h1-14,24H,15H2,(H,28,31). The number of carbonyl (C=O) groups is 1. The third kappa shape index (κ3) is 5.70. The summed E-state index contributed by atoms with van der Waals surface area (Å²) in [7, 11) is 0. The molecule has 1 N–H and O–H groups in total. The van der Waals surface area contributed by atoms with Gasteiger partial charge in [0.2, 0.25) is 0 Å². The van der Waals surface area contributed by atoms with Gasteiger partial charge in [-0.05, 0) is 41.5 Å². The molecular formula is C24H18F3N3O3. The van der Waals surface area contributed by atoms with Crippen molar-refractivity contribution < 1.29 is 27.4 Å². The van der Waals surface area contributed by atoms with Crippen LogP contribution in [0, 0.1) is 5.82 Å². The Hall–Kier alpha value is -4.27. The monoisotopic (exact) mass is 453 g/mol. The Morgan fingerprint density at radius 3 is 2.42 bits per heavy atom. The lowest BCUT2D eigenvalue weighted by Gasteiger charge is -2.11. The van der Waals surface area contributed by atoms with Crippen LogP contribution in [-0.2, 0) is 6.73 Å². The van der Waals surface area contributed by atoms with Crippen molar-refractivity contribution in [3.63, 3.8) is 0 Å². The zero-order valence-electron chi connectivity index (χ0n) is 17.1. The van der Waals surface area contributed by atoms with Gasteiger partial charge in [-0.15, -0.1) is 0 Å². The molecule has 0 atom stereocenters. The minimum Gasteiger partial charge on any atom is -0.471 e. The summed E-state index contributed by atoms with van der Waals surface area (Å²) in [5.74, 6) is -1.31. The van der Waals surface area contributed by atoms with E-state index in [0.717, 1.165) is 29.3 Å². The molecule has 0 aliphatic rings. The molecule has 168 valence electrons. The fraction of sp³-hybridized carbons (Fsp3) is 0.0833. The molecule has 0 saturated carbocycles. The van der Waals surface area contributed by atoms with Crippen LogP contribution in [-0.4, -0.2) is 22.3 Å². The smallest absolute Gasteiger partial charge is 0.387 e. The lowest BCUT2D eigenvalue weighted by Crippen LogP contribution is -2.15. The van der Waals surface area contributed by atoms with Crippen molar-refractivity contribution in [2.75, 3.05) is 5.32 Å². The third-order valence-electron chi connectivity index (χ3n) is 4.61. The second-order valence-corrected chi connectivity index (χ2v) is 6.88. The Kier molecular flexibility index (Phi) is 6.58. The van der Waals surface area contributed by atoms with E-state index in [1.165, 1.54) is 16.9 Å². The Bertz CT molecular complexity index is 1230. The van der Waals surface area contributed by atoms with Crippen LogP contribution in [0.2, 0.25) is 0 Å². The van der Waals surface area contributed by atoms with Gasteiger partial charge < -0.3 is 14.8 Å². The first-order valence-corrected chi connectivity index (χ1v) is 9.85. The first kappa shape index (κ1) is 21.9. The molecule has 0 saturated heterocycles. The molecule has 0 fully saturated rings. The molecule has 1 amide bonds. The van der Waals surface area contributed by atoms with Crippen molar-refractivity contribution in [1.29, 1.82) is 0 Å². The molecular weight excluding hydrogens is 435 g/mol. The van der Waals surface area contributed by atoms with E-state index in [4.69, 9.17) is 4.74 Å². The molecule has 33 heavy (non-hydrogen) atoms. The maximum absolute atomic E-state index is 13.3. The zero-order valence-corrected chi connectivity index (χ0v) is 17.1. The van der Waals surface area contributed by atoms with Crippen LogP contribution in [0.1, 0.15) is 10.5 Å². The van der Waals surface area contributed by atoms with Crippen LogP contribution >= 0.6 is 0 Å². The number of aromatic nitrogens is 2. The van der Waals surface area contributed by atoms with Crippen LogP contribution in [0.5, 0.6) is 11.5 Å². The SMILES string of the molecule is O=C(Nc1ccc(F)cc1OC(F)F)c1ccn(COc2ccc(-c3ccccc3)cc2)n1. The summed E-state index contributed by atoms with van der Waals surface area (Å²) in [5.41, 5.74) is 2.06. The molecule has 0 aliphatic heterocycles. The summed E-state index contributed by atoms with van der Waals surface area (Å²) >= 11 is 0. The van der Waals surface area contributed by atoms with Crippen LogP contribution in [0.25, 0.3) is 11.1 Å².